The van der Waals surface area contributed by atoms with Gasteiger partial charge in [-0.25, -0.2) is 8.78 Å². The van der Waals surface area contributed by atoms with Gasteiger partial charge in [0.05, 0.1) is 19.2 Å². The van der Waals surface area contributed by atoms with Gasteiger partial charge in [-0.3, -0.25) is 9.52 Å². The number of methoxy groups -OCH3 is 1. The minimum Gasteiger partial charge on any atom is -0.469 e. The normalized spacial score (nSPS) is 11.4. The van der Waals surface area contributed by atoms with Gasteiger partial charge in [0.15, 0.2) is 11.6 Å². The van der Waals surface area contributed by atoms with Gasteiger partial charge in [0.25, 0.3) is 0 Å². The van der Waals surface area contributed by atoms with Gasteiger partial charge < -0.3 is 4.74 Å². The predicted molar refractivity (Wildman–Crippen MR) is 68.2 cm³/mol. The Morgan fingerprint density at radius 1 is 1.40 bits per heavy atom. The lowest BCUT2D eigenvalue weighted by molar-refractivity contribution is -0.140. The van der Waals surface area contributed by atoms with Crippen molar-refractivity contribution in [2.45, 2.75) is 6.42 Å². The van der Waals surface area contributed by atoms with E-state index in [2.05, 4.69) is 4.74 Å². The zero-order valence-corrected chi connectivity index (χ0v) is 11.7. The van der Waals surface area contributed by atoms with E-state index >= 15 is 0 Å². The topological polar surface area (TPSA) is 75.7 Å². The standard InChI is InChI=1S/C11H14F2N2O4S/c1-15(7-6-10(16)19-2)20(17,18)14-9-5-3-4-8(12)11(9)13/h3-5,14H,6-7H2,1-2H3. The summed E-state index contributed by atoms with van der Waals surface area (Å²) in [4.78, 5) is 10.9. The van der Waals surface area contributed by atoms with E-state index in [1.165, 1.54) is 20.2 Å². The first kappa shape index (κ1) is 16.3. The molecule has 0 aliphatic heterocycles. The third-order valence-electron chi connectivity index (χ3n) is 2.46. The number of ether oxygens (including phenoxy) is 1. The predicted octanol–water partition coefficient (Wildman–Crippen LogP) is 1.12. The molecule has 20 heavy (non-hydrogen) atoms. The highest BCUT2D eigenvalue weighted by Crippen LogP contribution is 2.18. The smallest absolute Gasteiger partial charge is 0.306 e. The number of halogens is 2. The number of carbonyl (C=O) groups excluding carboxylic acids is 1. The van der Waals surface area contributed by atoms with Crippen molar-refractivity contribution in [2.75, 3.05) is 25.4 Å². The number of esters is 1. The second kappa shape index (κ2) is 6.62. The quantitative estimate of drug-likeness (QED) is 0.799. The molecule has 0 atom stereocenters. The average molecular weight is 308 g/mol. The van der Waals surface area contributed by atoms with Crippen molar-refractivity contribution in [1.82, 2.24) is 4.31 Å². The first-order chi connectivity index (χ1) is 9.27. The highest BCUT2D eigenvalue weighted by atomic mass is 32.2. The first-order valence-corrected chi connectivity index (χ1v) is 6.97. The summed E-state index contributed by atoms with van der Waals surface area (Å²) in [7, 11) is -1.71. The van der Waals surface area contributed by atoms with Crippen molar-refractivity contribution in [1.29, 1.82) is 0 Å². The summed E-state index contributed by atoms with van der Waals surface area (Å²) in [6, 6.07) is 3.13. The van der Waals surface area contributed by atoms with Gasteiger partial charge in [0.2, 0.25) is 0 Å². The molecule has 0 bridgehead atoms. The van der Waals surface area contributed by atoms with Crippen molar-refractivity contribution in [2.24, 2.45) is 0 Å². The Balaban J connectivity index is 2.79. The van der Waals surface area contributed by atoms with E-state index in [0.717, 1.165) is 16.4 Å². The fourth-order valence-corrected chi connectivity index (χ4v) is 2.19. The molecule has 0 saturated heterocycles. The minimum absolute atomic E-state index is 0.153. The summed E-state index contributed by atoms with van der Waals surface area (Å²) in [5.41, 5.74) is -0.505. The molecule has 1 rings (SSSR count). The largest absolute Gasteiger partial charge is 0.469 e. The minimum atomic E-state index is -4.09. The summed E-state index contributed by atoms with van der Waals surface area (Å²) < 4.78 is 57.1. The van der Waals surface area contributed by atoms with E-state index in [9.17, 15) is 22.0 Å². The van der Waals surface area contributed by atoms with Gasteiger partial charge in [0.1, 0.15) is 0 Å². The molecule has 6 nitrogen and oxygen atoms in total. The maximum Gasteiger partial charge on any atom is 0.306 e. The van der Waals surface area contributed by atoms with Gasteiger partial charge in [-0.05, 0) is 12.1 Å². The first-order valence-electron chi connectivity index (χ1n) is 5.53. The third-order valence-corrected chi connectivity index (χ3v) is 3.94. The van der Waals surface area contributed by atoms with Gasteiger partial charge in [-0.15, -0.1) is 0 Å². The SMILES string of the molecule is COC(=O)CCN(C)S(=O)(=O)Nc1cccc(F)c1F. The highest BCUT2D eigenvalue weighted by Gasteiger charge is 2.21. The lowest BCUT2D eigenvalue weighted by Gasteiger charge is -2.18. The molecule has 1 aromatic rings. The Hall–Kier alpha value is -1.74. The van der Waals surface area contributed by atoms with Crippen LogP contribution in [-0.4, -0.2) is 39.4 Å². The lowest BCUT2D eigenvalue weighted by Crippen LogP contribution is -2.34. The van der Waals surface area contributed by atoms with Crippen molar-refractivity contribution >= 4 is 21.9 Å². The second-order valence-electron chi connectivity index (χ2n) is 3.86. The summed E-state index contributed by atoms with van der Waals surface area (Å²) in [5, 5.41) is 0. The Kier molecular flexibility index (Phi) is 5.40. The Labute approximate surface area is 115 Å². The number of rotatable bonds is 6. The molecule has 0 heterocycles. The van der Waals surface area contributed by atoms with Crippen LogP contribution in [0.4, 0.5) is 14.5 Å². The molecular weight excluding hydrogens is 294 g/mol. The molecule has 0 spiro atoms. The molecular formula is C11H14F2N2O4S. The van der Waals surface area contributed by atoms with Crippen LogP contribution in [0.25, 0.3) is 0 Å². The molecule has 0 unspecified atom stereocenters. The van der Waals surface area contributed by atoms with Gasteiger partial charge >= 0.3 is 16.2 Å². The molecule has 112 valence electrons. The van der Waals surface area contributed by atoms with Crippen molar-refractivity contribution in [3.05, 3.63) is 29.8 Å². The Morgan fingerprint density at radius 3 is 2.65 bits per heavy atom. The summed E-state index contributed by atoms with van der Waals surface area (Å²) >= 11 is 0. The van der Waals surface area contributed by atoms with Gasteiger partial charge in [-0.1, -0.05) is 6.07 Å². The summed E-state index contributed by atoms with van der Waals surface area (Å²) in [5.74, 6) is -3.04. The van der Waals surface area contributed by atoms with E-state index < -0.39 is 33.5 Å². The number of nitrogens with one attached hydrogen (secondary N) is 1. The molecule has 0 saturated carbocycles. The van der Waals surface area contributed by atoms with Crippen molar-refractivity contribution in [3.63, 3.8) is 0 Å². The van der Waals surface area contributed by atoms with E-state index in [1.54, 1.807) is 0 Å². The van der Waals surface area contributed by atoms with Crippen molar-refractivity contribution < 1.29 is 26.7 Å². The number of hydrogen-bond acceptors (Lipinski definition) is 4. The van der Waals surface area contributed by atoms with Crippen LogP contribution in [0.1, 0.15) is 6.42 Å². The third kappa shape index (κ3) is 4.14. The maximum atomic E-state index is 13.4. The van der Waals surface area contributed by atoms with Crippen LogP contribution >= 0.6 is 0 Å². The summed E-state index contributed by atoms with van der Waals surface area (Å²) in [6.45, 7) is -0.154. The van der Waals surface area contributed by atoms with Crippen LogP contribution in [0.5, 0.6) is 0 Å². The maximum absolute atomic E-state index is 13.4. The van der Waals surface area contributed by atoms with Gasteiger partial charge in [0, 0.05) is 13.6 Å². The van der Waals surface area contributed by atoms with E-state index in [1.807, 2.05) is 4.72 Å². The molecule has 0 fully saturated rings. The molecule has 0 aliphatic rings. The van der Waals surface area contributed by atoms with E-state index in [4.69, 9.17) is 0 Å². The fraction of sp³-hybridized carbons (Fsp3) is 0.364. The zero-order valence-electron chi connectivity index (χ0n) is 10.9. The molecule has 0 radical (unpaired) electrons. The number of hydrogen-bond donors (Lipinski definition) is 1. The molecule has 1 N–H and O–H groups in total. The van der Waals surface area contributed by atoms with Crippen LogP contribution in [0.3, 0.4) is 0 Å². The van der Waals surface area contributed by atoms with Crippen molar-refractivity contribution in [3.8, 4) is 0 Å². The van der Waals surface area contributed by atoms with E-state index in [-0.39, 0.29) is 13.0 Å². The summed E-state index contributed by atoms with van der Waals surface area (Å²) in [6.07, 6.45) is -0.153. The number of benzene rings is 1. The zero-order chi connectivity index (χ0) is 15.3. The average Bonchev–Trinajstić information content (AvgIpc) is 2.40. The Morgan fingerprint density at radius 2 is 2.05 bits per heavy atom. The lowest BCUT2D eigenvalue weighted by atomic mass is 10.3. The number of anilines is 1. The molecule has 1 aromatic carbocycles. The van der Waals surface area contributed by atoms with Gasteiger partial charge in [-0.2, -0.15) is 12.7 Å². The Bertz CT molecular complexity index is 592. The van der Waals surface area contributed by atoms with Crippen LogP contribution in [-0.2, 0) is 19.7 Å². The number of carbonyl (C=O) groups is 1. The molecule has 9 heteroatoms. The number of nitrogens with zero attached hydrogens (tertiary/aromatic N) is 1. The molecule has 0 aromatic heterocycles. The van der Waals surface area contributed by atoms with Crippen LogP contribution < -0.4 is 4.72 Å². The van der Waals surface area contributed by atoms with E-state index in [0.29, 0.717) is 0 Å². The van der Waals surface area contributed by atoms with Crippen LogP contribution in [0.15, 0.2) is 18.2 Å². The molecule has 0 amide bonds. The second-order valence-corrected chi connectivity index (χ2v) is 5.63. The van der Waals surface area contributed by atoms with Crippen LogP contribution in [0, 0.1) is 11.6 Å². The molecule has 0 aliphatic carbocycles. The fourth-order valence-electron chi connectivity index (χ4n) is 1.27. The van der Waals surface area contributed by atoms with Crippen LogP contribution in [0.2, 0.25) is 0 Å². The monoisotopic (exact) mass is 308 g/mol. The highest BCUT2D eigenvalue weighted by molar-refractivity contribution is 7.90.